The summed E-state index contributed by atoms with van der Waals surface area (Å²) in [7, 11) is 0. The predicted molar refractivity (Wildman–Crippen MR) is 32.6 cm³/mol. The van der Waals surface area contributed by atoms with Crippen molar-refractivity contribution in [1.82, 2.24) is 5.32 Å². The lowest BCUT2D eigenvalue weighted by atomic mass is 10.0. The molecule has 1 rings (SSSR count). The molecule has 0 aromatic heterocycles. The first-order valence-electron chi connectivity index (χ1n) is 2.87. The Kier molecular flexibility index (Phi) is 1.65. The third-order valence-corrected chi connectivity index (χ3v) is 1.47. The zero-order valence-electron chi connectivity index (χ0n) is 4.80. The van der Waals surface area contributed by atoms with Gasteiger partial charge in [0.1, 0.15) is 0 Å². The van der Waals surface area contributed by atoms with Gasteiger partial charge >= 0.3 is 0 Å². The molecule has 2 atom stereocenters. The van der Waals surface area contributed by atoms with Crippen molar-refractivity contribution in [2.24, 2.45) is 0 Å². The maximum Gasteiger partial charge on any atom is 0.0820 e. The zero-order chi connectivity index (χ0) is 5.98. The summed E-state index contributed by atoms with van der Waals surface area (Å²) >= 11 is 0. The van der Waals surface area contributed by atoms with E-state index < -0.39 is 0 Å². The van der Waals surface area contributed by atoms with Crippen molar-refractivity contribution >= 4 is 0 Å². The summed E-state index contributed by atoms with van der Waals surface area (Å²) in [6, 6.07) is 0.285. The predicted octanol–water partition coefficient (Wildman–Crippen LogP) is -0.105. The average Bonchev–Trinajstić information content (AvgIpc) is 1.79. The third kappa shape index (κ3) is 0.904. The topological polar surface area (TPSA) is 32.3 Å². The van der Waals surface area contributed by atoms with Crippen molar-refractivity contribution in [3.8, 4) is 0 Å². The van der Waals surface area contributed by atoms with Crippen LogP contribution in [0.5, 0.6) is 0 Å². The van der Waals surface area contributed by atoms with Gasteiger partial charge in [-0.05, 0) is 6.42 Å². The number of nitrogens with one attached hydrogen (secondary N) is 1. The van der Waals surface area contributed by atoms with Gasteiger partial charge in [0.15, 0.2) is 0 Å². The lowest BCUT2D eigenvalue weighted by Gasteiger charge is -2.33. The molecule has 1 aliphatic rings. The fourth-order valence-electron chi connectivity index (χ4n) is 0.810. The standard InChI is InChI=1S/C6H11NO/c1-2-3-5-6(8)4-7-5/h2,5-8H,1,3-4H2/t5-,6-/m0/s1. The van der Waals surface area contributed by atoms with Crippen LogP contribution in [0, 0.1) is 0 Å². The van der Waals surface area contributed by atoms with Crippen LogP contribution < -0.4 is 5.32 Å². The van der Waals surface area contributed by atoms with E-state index in [2.05, 4.69) is 11.9 Å². The van der Waals surface area contributed by atoms with Gasteiger partial charge in [-0.15, -0.1) is 6.58 Å². The van der Waals surface area contributed by atoms with Gasteiger partial charge in [-0.3, -0.25) is 0 Å². The first-order valence-corrected chi connectivity index (χ1v) is 2.87. The van der Waals surface area contributed by atoms with E-state index in [0.717, 1.165) is 13.0 Å². The molecule has 0 unspecified atom stereocenters. The quantitative estimate of drug-likeness (QED) is 0.490. The molecule has 0 aromatic carbocycles. The van der Waals surface area contributed by atoms with Crippen molar-refractivity contribution in [3.63, 3.8) is 0 Å². The van der Waals surface area contributed by atoms with Crippen LogP contribution in [0.25, 0.3) is 0 Å². The second-order valence-corrected chi connectivity index (χ2v) is 2.11. The Labute approximate surface area is 49.2 Å². The smallest absolute Gasteiger partial charge is 0.0820 e. The number of rotatable bonds is 2. The second-order valence-electron chi connectivity index (χ2n) is 2.11. The monoisotopic (exact) mass is 113 g/mol. The summed E-state index contributed by atoms with van der Waals surface area (Å²) in [4.78, 5) is 0. The van der Waals surface area contributed by atoms with Crippen LogP contribution in [0.3, 0.4) is 0 Å². The van der Waals surface area contributed by atoms with E-state index in [-0.39, 0.29) is 12.1 Å². The molecule has 0 bridgehead atoms. The minimum atomic E-state index is -0.131. The molecule has 0 spiro atoms. The van der Waals surface area contributed by atoms with Crippen molar-refractivity contribution in [3.05, 3.63) is 12.7 Å². The minimum absolute atomic E-state index is 0.131. The molecule has 0 radical (unpaired) electrons. The Morgan fingerprint density at radius 2 is 2.62 bits per heavy atom. The molecule has 2 N–H and O–H groups in total. The van der Waals surface area contributed by atoms with Crippen LogP contribution in [0.2, 0.25) is 0 Å². The molecule has 8 heavy (non-hydrogen) atoms. The van der Waals surface area contributed by atoms with Crippen molar-refractivity contribution in [1.29, 1.82) is 0 Å². The summed E-state index contributed by atoms with van der Waals surface area (Å²) in [5.74, 6) is 0. The summed E-state index contributed by atoms with van der Waals surface area (Å²) in [6.07, 6.45) is 2.56. The van der Waals surface area contributed by atoms with Gasteiger partial charge in [0, 0.05) is 12.6 Å². The van der Waals surface area contributed by atoms with Crippen LogP contribution >= 0.6 is 0 Å². The number of β-amino-alcohol motifs (C(OH)–C–C–N with tert-alkyl or cyclic N) is 1. The Hall–Kier alpha value is -0.340. The molecule has 0 aromatic rings. The fraction of sp³-hybridized carbons (Fsp3) is 0.667. The fourth-order valence-corrected chi connectivity index (χ4v) is 0.810. The highest BCUT2D eigenvalue weighted by molar-refractivity contribution is 4.92. The number of aliphatic hydroxyl groups excluding tert-OH is 1. The maximum absolute atomic E-state index is 8.93. The number of hydrogen-bond donors (Lipinski definition) is 2. The van der Waals surface area contributed by atoms with Crippen LogP contribution in [-0.4, -0.2) is 23.8 Å². The van der Waals surface area contributed by atoms with Crippen LogP contribution in [0.15, 0.2) is 12.7 Å². The third-order valence-electron chi connectivity index (χ3n) is 1.47. The molecular weight excluding hydrogens is 102 g/mol. The maximum atomic E-state index is 8.93. The second kappa shape index (κ2) is 2.29. The van der Waals surface area contributed by atoms with Crippen molar-refractivity contribution in [2.75, 3.05) is 6.54 Å². The summed E-state index contributed by atoms with van der Waals surface area (Å²) in [5.41, 5.74) is 0. The minimum Gasteiger partial charge on any atom is -0.390 e. The largest absolute Gasteiger partial charge is 0.390 e. The van der Waals surface area contributed by atoms with E-state index >= 15 is 0 Å². The van der Waals surface area contributed by atoms with Gasteiger partial charge in [0.2, 0.25) is 0 Å². The molecule has 2 nitrogen and oxygen atoms in total. The molecule has 1 aliphatic heterocycles. The highest BCUT2D eigenvalue weighted by atomic mass is 16.3. The highest BCUT2D eigenvalue weighted by Gasteiger charge is 2.25. The Bertz CT molecular complexity index is 92.5. The number of hydrogen-bond acceptors (Lipinski definition) is 2. The van der Waals surface area contributed by atoms with Gasteiger partial charge < -0.3 is 10.4 Å². The molecule has 0 amide bonds. The highest BCUT2D eigenvalue weighted by Crippen LogP contribution is 2.07. The zero-order valence-corrected chi connectivity index (χ0v) is 4.80. The van der Waals surface area contributed by atoms with Crippen LogP contribution in [0.1, 0.15) is 6.42 Å². The Balaban J connectivity index is 2.16. The lowest BCUT2D eigenvalue weighted by Crippen LogP contribution is -2.56. The van der Waals surface area contributed by atoms with Crippen molar-refractivity contribution in [2.45, 2.75) is 18.6 Å². The normalized spacial score (nSPS) is 36.1. The first-order chi connectivity index (χ1) is 3.84. The molecule has 46 valence electrons. The summed E-state index contributed by atoms with van der Waals surface area (Å²) < 4.78 is 0. The average molecular weight is 113 g/mol. The van der Waals surface area contributed by atoms with Crippen LogP contribution in [0.4, 0.5) is 0 Å². The van der Waals surface area contributed by atoms with Gasteiger partial charge in [0.05, 0.1) is 6.10 Å². The van der Waals surface area contributed by atoms with E-state index in [1.165, 1.54) is 0 Å². The van der Waals surface area contributed by atoms with E-state index in [4.69, 9.17) is 5.11 Å². The van der Waals surface area contributed by atoms with E-state index in [9.17, 15) is 0 Å². The van der Waals surface area contributed by atoms with Gasteiger partial charge in [-0.1, -0.05) is 6.08 Å². The number of aliphatic hydroxyl groups is 1. The van der Waals surface area contributed by atoms with Gasteiger partial charge in [0.25, 0.3) is 0 Å². The van der Waals surface area contributed by atoms with Crippen molar-refractivity contribution < 1.29 is 5.11 Å². The van der Waals surface area contributed by atoms with Gasteiger partial charge in [-0.2, -0.15) is 0 Å². The molecule has 0 saturated carbocycles. The lowest BCUT2D eigenvalue weighted by molar-refractivity contribution is 0.0629. The SMILES string of the molecule is C=CC[C@@H]1NC[C@@H]1O. The summed E-state index contributed by atoms with van der Waals surface area (Å²) in [6.45, 7) is 4.31. The van der Waals surface area contributed by atoms with Crippen LogP contribution in [-0.2, 0) is 0 Å². The summed E-state index contributed by atoms with van der Waals surface area (Å²) in [5, 5.41) is 12.0. The molecule has 1 saturated heterocycles. The van der Waals surface area contributed by atoms with Gasteiger partial charge in [-0.25, -0.2) is 0 Å². The molecular formula is C6H11NO. The molecule has 1 fully saturated rings. The van der Waals surface area contributed by atoms with E-state index in [0.29, 0.717) is 0 Å². The first kappa shape index (κ1) is 5.79. The molecule has 2 heteroatoms. The Morgan fingerprint density at radius 3 is 2.75 bits per heavy atom. The van der Waals surface area contributed by atoms with E-state index in [1.54, 1.807) is 0 Å². The molecule has 1 heterocycles. The Morgan fingerprint density at radius 1 is 1.88 bits per heavy atom. The van der Waals surface area contributed by atoms with E-state index in [1.807, 2.05) is 6.08 Å². The molecule has 0 aliphatic carbocycles.